The van der Waals surface area contributed by atoms with Gasteiger partial charge in [-0.2, -0.15) is 10.5 Å². The van der Waals surface area contributed by atoms with E-state index in [0.29, 0.717) is 24.2 Å². The van der Waals surface area contributed by atoms with Crippen molar-refractivity contribution in [1.29, 1.82) is 10.5 Å². The fourth-order valence-electron chi connectivity index (χ4n) is 3.05. The molecule has 0 bridgehead atoms. The minimum absolute atomic E-state index is 0.235. The van der Waals surface area contributed by atoms with Crippen molar-refractivity contribution < 1.29 is 9.53 Å². The van der Waals surface area contributed by atoms with Crippen molar-refractivity contribution in [2.24, 2.45) is 0 Å². The number of amides is 1. The predicted octanol–water partition coefficient (Wildman–Crippen LogP) is 3.01. The molecule has 1 aromatic rings. The molecule has 0 aliphatic heterocycles. The minimum Gasteiger partial charge on any atom is -0.480 e. The predicted molar refractivity (Wildman–Crippen MR) is 85.4 cm³/mol. The Morgan fingerprint density at radius 3 is 2.52 bits per heavy atom. The van der Waals surface area contributed by atoms with Gasteiger partial charge in [-0.1, -0.05) is 31.4 Å². The second kappa shape index (κ2) is 7.15. The molecule has 120 valence electrons. The highest BCUT2D eigenvalue weighted by molar-refractivity contribution is 5.82. The third-order valence-electron chi connectivity index (χ3n) is 4.52. The van der Waals surface area contributed by atoms with Gasteiger partial charge in [0.15, 0.2) is 6.10 Å². The molecule has 1 amide bonds. The van der Waals surface area contributed by atoms with Crippen LogP contribution in [0.5, 0.6) is 5.75 Å². The molecule has 0 spiro atoms. The van der Waals surface area contributed by atoms with E-state index in [-0.39, 0.29) is 5.91 Å². The number of nitrogens with zero attached hydrogens (tertiary/aromatic N) is 3. The lowest BCUT2D eigenvalue weighted by molar-refractivity contribution is -0.141. The molecule has 0 radical (unpaired) electrons. The van der Waals surface area contributed by atoms with E-state index in [9.17, 15) is 10.1 Å². The number of benzene rings is 1. The molecule has 23 heavy (non-hydrogen) atoms. The summed E-state index contributed by atoms with van der Waals surface area (Å²) in [5, 5.41) is 18.7. The molecule has 5 heteroatoms. The van der Waals surface area contributed by atoms with E-state index in [1.165, 1.54) is 4.90 Å². The average molecular weight is 311 g/mol. The van der Waals surface area contributed by atoms with Crippen LogP contribution in [0.2, 0.25) is 0 Å². The first kappa shape index (κ1) is 16.8. The van der Waals surface area contributed by atoms with Crippen molar-refractivity contribution in [2.75, 3.05) is 7.05 Å². The van der Waals surface area contributed by atoms with Gasteiger partial charge in [0.05, 0.1) is 11.6 Å². The zero-order valence-electron chi connectivity index (χ0n) is 13.6. The number of hydrogen-bond donors (Lipinski definition) is 0. The Labute approximate surface area is 137 Å². The summed E-state index contributed by atoms with van der Waals surface area (Å²) in [6.07, 6.45) is 3.67. The lowest BCUT2D eigenvalue weighted by Crippen LogP contribution is -2.53. The van der Waals surface area contributed by atoms with Crippen LogP contribution in [0.25, 0.3) is 0 Å². The van der Waals surface area contributed by atoms with Gasteiger partial charge in [0.2, 0.25) is 0 Å². The van der Waals surface area contributed by atoms with Crippen LogP contribution in [0.4, 0.5) is 0 Å². The first-order chi connectivity index (χ1) is 11.0. The van der Waals surface area contributed by atoms with Gasteiger partial charge >= 0.3 is 0 Å². The SMILES string of the molecule is C[C@H](Oc1ccccc1C#N)C(=O)N(C)C1(C#N)CCCCC1. The summed E-state index contributed by atoms with van der Waals surface area (Å²) in [6, 6.07) is 11.2. The largest absolute Gasteiger partial charge is 0.480 e. The van der Waals surface area contributed by atoms with E-state index >= 15 is 0 Å². The van der Waals surface area contributed by atoms with E-state index in [0.717, 1.165) is 19.3 Å². The average Bonchev–Trinajstić information content (AvgIpc) is 2.61. The normalized spacial score (nSPS) is 17.4. The third kappa shape index (κ3) is 3.46. The summed E-state index contributed by atoms with van der Waals surface area (Å²) in [5.41, 5.74) is -0.343. The molecule has 1 aromatic carbocycles. The highest BCUT2D eigenvalue weighted by atomic mass is 16.5. The number of nitriles is 2. The molecule has 0 heterocycles. The first-order valence-corrected chi connectivity index (χ1v) is 7.89. The van der Waals surface area contributed by atoms with Gasteiger partial charge in [-0.15, -0.1) is 0 Å². The van der Waals surface area contributed by atoms with Crippen molar-refractivity contribution >= 4 is 5.91 Å². The van der Waals surface area contributed by atoms with E-state index < -0.39 is 11.6 Å². The Hall–Kier alpha value is -2.53. The number of likely N-dealkylation sites (N-methyl/N-ethyl adjacent to an activating group) is 1. The van der Waals surface area contributed by atoms with Crippen LogP contribution in [0.15, 0.2) is 24.3 Å². The van der Waals surface area contributed by atoms with E-state index in [1.54, 1.807) is 38.2 Å². The molecular weight excluding hydrogens is 290 g/mol. The van der Waals surface area contributed by atoms with Crippen LogP contribution in [-0.4, -0.2) is 29.5 Å². The van der Waals surface area contributed by atoms with Crippen molar-refractivity contribution in [3.63, 3.8) is 0 Å². The summed E-state index contributed by atoms with van der Waals surface area (Å²) in [6.45, 7) is 1.65. The van der Waals surface area contributed by atoms with E-state index in [1.807, 2.05) is 6.07 Å². The molecule has 5 nitrogen and oxygen atoms in total. The highest BCUT2D eigenvalue weighted by Gasteiger charge is 2.40. The zero-order valence-corrected chi connectivity index (χ0v) is 13.6. The lowest BCUT2D eigenvalue weighted by atomic mass is 9.81. The molecule has 1 saturated carbocycles. The lowest BCUT2D eigenvalue weighted by Gasteiger charge is -2.40. The molecule has 1 aliphatic carbocycles. The van der Waals surface area contributed by atoms with Crippen molar-refractivity contribution in [1.82, 2.24) is 4.90 Å². The van der Waals surface area contributed by atoms with Crippen LogP contribution in [0.3, 0.4) is 0 Å². The Morgan fingerprint density at radius 2 is 1.91 bits per heavy atom. The quantitative estimate of drug-likeness (QED) is 0.856. The van der Waals surface area contributed by atoms with Crippen molar-refractivity contribution in [3.8, 4) is 17.9 Å². The van der Waals surface area contributed by atoms with Gasteiger partial charge in [0.25, 0.3) is 5.91 Å². The Bertz CT molecular complexity index is 651. The van der Waals surface area contributed by atoms with Crippen LogP contribution >= 0.6 is 0 Å². The smallest absolute Gasteiger partial charge is 0.264 e. The van der Waals surface area contributed by atoms with Gasteiger partial charge < -0.3 is 9.64 Å². The van der Waals surface area contributed by atoms with Gasteiger partial charge in [0.1, 0.15) is 17.4 Å². The zero-order chi connectivity index (χ0) is 16.9. The van der Waals surface area contributed by atoms with E-state index in [2.05, 4.69) is 6.07 Å². The number of carbonyl (C=O) groups is 1. The monoisotopic (exact) mass is 311 g/mol. The third-order valence-corrected chi connectivity index (χ3v) is 4.52. The van der Waals surface area contributed by atoms with Crippen molar-refractivity contribution in [2.45, 2.75) is 50.7 Å². The number of carbonyl (C=O) groups excluding carboxylic acids is 1. The molecular formula is C18H21N3O2. The summed E-state index contributed by atoms with van der Waals surface area (Å²) < 4.78 is 5.68. The summed E-state index contributed by atoms with van der Waals surface area (Å²) >= 11 is 0. The second-order valence-corrected chi connectivity index (χ2v) is 5.97. The first-order valence-electron chi connectivity index (χ1n) is 7.89. The number of ether oxygens (including phenoxy) is 1. The molecule has 0 N–H and O–H groups in total. The maximum atomic E-state index is 12.7. The van der Waals surface area contributed by atoms with Crippen LogP contribution in [0.1, 0.15) is 44.6 Å². The maximum Gasteiger partial charge on any atom is 0.264 e. The van der Waals surface area contributed by atoms with Gasteiger partial charge in [0, 0.05) is 7.05 Å². The van der Waals surface area contributed by atoms with Gasteiger partial charge in [-0.3, -0.25) is 4.79 Å². The molecule has 1 aliphatic rings. The van der Waals surface area contributed by atoms with Crippen molar-refractivity contribution in [3.05, 3.63) is 29.8 Å². The summed E-state index contributed by atoms with van der Waals surface area (Å²) in [5.74, 6) is 0.153. The fourth-order valence-corrected chi connectivity index (χ4v) is 3.05. The van der Waals surface area contributed by atoms with E-state index in [4.69, 9.17) is 10.00 Å². The van der Waals surface area contributed by atoms with Crippen LogP contribution in [0, 0.1) is 22.7 Å². The van der Waals surface area contributed by atoms with Gasteiger partial charge in [-0.05, 0) is 31.9 Å². The topological polar surface area (TPSA) is 77.1 Å². The summed E-state index contributed by atoms with van der Waals surface area (Å²) in [7, 11) is 1.67. The highest BCUT2D eigenvalue weighted by Crippen LogP contribution is 2.33. The Morgan fingerprint density at radius 1 is 1.26 bits per heavy atom. The molecule has 1 atom stereocenters. The summed E-state index contributed by atoms with van der Waals surface area (Å²) in [4.78, 5) is 14.2. The molecule has 0 aromatic heterocycles. The molecule has 0 unspecified atom stereocenters. The molecule has 1 fully saturated rings. The Balaban J connectivity index is 2.13. The van der Waals surface area contributed by atoms with Crippen LogP contribution in [-0.2, 0) is 4.79 Å². The standard InChI is InChI=1S/C18H21N3O2/c1-14(23-16-9-5-4-8-15(16)12-19)17(22)21(2)18(13-20)10-6-3-7-11-18/h4-5,8-9,14H,3,6-7,10-11H2,1-2H3/t14-/m0/s1. The maximum absolute atomic E-state index is 12.7. The molecule has 0 saturated heterocycles. The minimum atomic E-state index is -0.748. The molecule has 2 rings (SSSR count). The number of hydrogen-bond acceptors (Lipinski definition) is 4. The number of para-hydroxylation sites is 1. The number of rotatable bonds is 4. The fraction of sp³-hybridized carbons (Fsp3) is 0.500. The second-order valence-electron chi connectivity index (χ2n) is 5.97. The van der Waals surface area contributed by atoms with Gasteiger partial charge in [-0.25, -0.2) is 0 Å². The Kier molecular flexibility index (Phi) is 5.24. The van der Waals surface area contributed by atoms with Crippen LogP contribution < -0.4 is 4.74 Å².